The summed E-state index contributed by atoms with van der Waals surface area (Å²) in [6.07, 6.45) is 7.75. The monoisotopic (exact) mass is 310 g/mol. The number of rotatable bonds is 3. The van der Waals surface area contributed by atoms with Gasteiger partial charge in [0.2, 0.25) is 0 Å². The Balaban J connectivity index is 2.10. The molecule has 2 N–H and O–H groups in total. The summed E-state index contributed by atoms with van der Waals surface area (Å²) in [7, 11) is 0. The van der Waals surface area contributed by atoms with Crippen LogP contribution in [0.2, 0.25) is 0 Å². The number of halogens is 1. The van der Waals surface area contributed by atoms with Gasteiger partial charge in [-0.3, -0.25) is 0 Å². The number of anilines is 1. The van der Waals surface area contributed by atoms with E-state index in [1.807, 2.05) is 0 Å². The molecule has 1 aromatic rings. The summed E-state index contributed by atoms with van der Waals surface area (Å²) in [6, 6.07) is 6.68. The Bertz CT molecular complexity index is 371. The smallest absolute Gasteiger partial charge is 0.0510 e. The molecule has 0 unspecified atom stereocenters. The van der Waals surface area contributed by atoms with Crippen LogP contribution >= 0.6 is 15.9 Å². The zero-order chi connectivity index (χ0) is 12.8. The number of hydrogen-bond donors (Lipinski definition) is 1. The average molecular weight is 311 g/mol. The van der Waals surface area contributed by atoms with E-state index in [1.165, 1.54) is 60.9 Å². The van der Waals surface area contributed by atoms with Crippen molar-refractivity contribution in [2.45, 2.75) is 38.5 Å². The SMILES string of the molecule is NCCc1ccc(N2CCCCCCC2)c(Br)c1. The Labute approximate surface area is 119 Å². The predicted molar refractivity (Wildman–Crippen MR) is 82.2 cm³/mol. The van der Waals surface area contributed by atoms with Crippen LogP contribution in [0.5, 0.6) is 0 Å². The van der Waals surface area contributed by atoms with Crippen molar-refractivity contribution in [3.8, 4) is 0 Å². The van der Waals surface area contributed by atoms with Crippen molar-refractivity contribution in [1.29, 1.82) is 0 Å². The molecule has 1 saturated heterocycles. The van der Waals surface area contributed by atoms with Crippen LogP contribution in [0.25, 0.3) is 0 Å². The van der Waals surface area contributed by atoms with Crippen LogP contribution in [0.4, 0.5) is 5.69 Å². The van der Waals surface area contributed by atoms with Crippen LogP contribution in [0.1, 0.15) is 37.7 Å². The van der Waals surface area contributed by atoms with E-state index < -0.39 is 0 Å². The third kappa shape index (κ3) is 3.72. The molecule has 3 heteroatoms. The van der Waals surface area contributed by atoms with Crippen LogP contribution in [0, 0.1) is 0 Å². The summed E-state index contributed by atoms with van der Waals surface area (Å²) in [5, 5.41) is 0. The minimum absolute atomic E-state index is 0.718. The van der Waals surface area contributed by atoms with Crippen molar-refractivity contribution in [2.24, 2.45) is 5.73 Å². The highest BCUT2D eigenvalue weighted by molar-refractivity contribution is 9.10. The summed E-state index contributed by atoms with van der Waals surface area (Å²) in [5.41, 5.74) is 8.27. The van der Waals surface area contributed by atoms with E-state index in [0.717, 1.165) is 13.0 Å². The van der Waals surface area contributed by atoms with Crippen LogP contribution in [-0.2, 0) is 6.42 Å². The Morgan fingerprint density at radius 1 is 1.06 bits per heavy atom. The first kappa shape index (κ1) is 13.9. The Morgan fingerprint density at radius 3 is 2.33 bits per heavy atom. The molecule has 1 heterocycles. The van der Waals surface area contributed by atoms with Crippen LogP contribution in [-0.4, -0.2) is 19.6 Å². The van der Waals surface area contributed by atoms with Crippen molar-refractivity contribution in [2.75, 3.05) is 24.5 Å². The second-order valence-corrected chi connectivity index (χ2v) is 5.93. The van der Waals surface area contributed by atoms with E-state index in [-0.39, 0.29) is 0 Å². The van der Waals surface area contributed by atoms with Crippen molar-refractivity contribution in [3.05, 3.63) is 28.2 Å². The molecule has 100 valence electrons. The van der Waals surface area contributed by atoms with Crippen molar-refractivity contribution >= 4 is 21.6 Å². The van der Waals surface area contributed by atoms with Crippen molar-refractivity contribution < 1.29 is 0 Å². The zero-order valence-electron chi connectivity index (χ0n) is 11.0. The lowest BCUT2D eigenvalue weighted by molar-refractivity contribution is 0.556. The largest absolute Gasteiger partial charge is 0.371 e. The third-order valence-electron chi connectivity index (χ3n) is 3.64. The first-order chi connectivity index (χ1) is 8.81. The third-order valence-corrected chi connectivity index (χ3v) is 4.28. The van der Waals surface area contributed by atoms with Gasteiger partial charge in [-0.25, -0.2) is 0 Å². The summed E-state index contributed by atoms with van der Waals surface area (Å²) < 4.78 is 1.22. The van der Waals surface area contributed by atoms with Crippen LogP contribution < -0.4 is 10.6 Å². The number of nitrogens with two attached hydrogens (primary N) is 1. The Morgan fingerprint density at radius 2 is 1.72 bits per heavy atom. The zero-order valence-corrected chi connectivity index (χ0v) is 12.6. The highest BCUT2D eigenvalue weighted by atomic mass is 79.9. The van der Waals surface area contributed by atoms with Gasteiger partial charge >= 0.3 is 0 Å². The van der Waals surface area contributed by atoms with E-state index in [1.54, 1.807) is 0 Å². The average Bonchev–Trinajstić information content (AvgIpc) is 2.30. The number of nitrogens with zero attached hydrogens (tertiary/aromatic N) is 1. The van der Waals surface area contributed by atoms with Gasteiger partial charge in [-0.1, -0.05) is 25.3 Å². The van der Waals surface area contributed by atoms with Gasteiger partial charge in [-0.05, 0) is 59.4 Å². The number of hydrogen-bond acceptors (Lipinski definition) is 2. The lowest BCUT2D eigenvalue weighted by Gasteiger charge is -2.28. The minimum atomic E-state index is 0.718. The van der Waals surface area contributed by atoms with Gasteiger partial charge in [-0.2, -0.15) is 0 Å². The summed E-state index contributed by atoms with van der Waals surface area (Å²) >= 11 is 3.72. The fourth-order valence-corrected chi connectivity index (χ4v) is 3.29. The first-order valence-corrected chi connectivity index (χ1v) is 7.84. The highest BCUT2D eigenvalue weighted by Crippen LogP contribution is 2.29. The quantitative estimate of drug-likeness (QED) is 0.922. The molecule has 18 heavy (non-hydrogen) atoms. The molecule has 0 aliphatic carbocycles. The minimum Gasteiger partial charge on any atom is -0.371 e. The molecule has 1 aliphatic heterocycles. The molecule has 1 fully saturated rings. The van der Waals surface area contributed by atoms with E-state index in [0.29, 0.717) is 0 Å². The van der Waals surface area contributed by atoms with E-state index in [4.69, 9.17) is 5.73 Å². The normalized spacial score (nSPS) is 17.3. The van der Waals surface area contributed by atoms with Crippen LogP contribution in [0.15, 0.2) is 22.7 Å². The van der Waals surface area contributed by atoms with E-state index in [2.05, 4.69) is 39.0 Å². The van der Waals surface area contributed by atoms with Gasteiger partial charge < -0.3 is 10.6 Å². The standard InChI is InChI=1S/C15H23BrN2/c16-14-12-13(8-9-17)6-7-15(14)18-10-4-2-1-3-5-11-18/h6-7,12H,1-5,8-11,17H2. The fraction of sp³-hybridized carbons (Fsp3) is 0.600. The first-order valence-electron chi connectivity index (χ1n) is 7.04. The van der Waals surface area contributed by atoms with Crippen molar-refractivity contribution in [3.63, 3.8) is 0 Å². The Hall–Kier alpha value is -0.540. The summed E-state index contributed by atoms with van der Waals surface area (Å²) in [6.45, 7) is 3.10. The van der Waals surface area contributed by atoms with E-state index in [9.17, 15) is 0 Å². The molecule has 2 rings (SSSR count). The predicted octanol–water partition coefficient (Wildman–Crippen LogP) is 3.72. The van der Waals surface area contributed by atoms with Crippen LogP contribution in [0.3, 0.4) is 0 Å². The fourth-order valence-electron chi connectivity index (χ4n) is 2.62. The Kier molecular flexibility index (Phi) is 5.51. The molecule has 1 aromatic carbocycles. The maximum atomic E-state index is 5.60. The van der Waals surface area contributed by atoms with Gasteiger partial charge in [0.05, 0.1) is 5.69 Å². The molecule has 2 nitrogen and oxygen atoms in total. The molecule has 0 saturated carbocycles. The lowest BCUT2D eigenvalue weighted by Crippen LogP contribution is -2.27. The molecular formula is C15H23BrN2. The maximum absolute atomic E-state index is 5.60. The van der Waals surface area contributed by atoms with Gasteiger partial charge in [0.15, 0.2) is 0 Å². The maximum Gasteiger partial charge on any atom is 0.0510 e. The molecule has 0 amide bonds. The molecule has 0 spiro atoms. The molecule has 0 radical (unpaired) electrons. The topological polar surface area (TPSA) is 29.3 Å². The van der Waals surface area contributed by atoms with Gasteiger partial charge in [0.1, 0.15) is 0 Å². The highest BCUT2D eigenvalue weighted by Gasteiger charge is 2.12. The van der Waals surface area contributed by atoms with Gasteiger partial charge in [-0.15, -0.1) is 0 Å². The summed E-state index contributed by atoms with van der Waals surface area (Å²) in [4.78, 5) is 2.52. The van der Waals surface area contributed by atoms with E-state index >= 15 is 0 Å². The molecule has 1 aliphatic rings. The van der Waals surface area contributed by atoms with Gasteiger partial charge in [0, 0.05) is 17.6 Å². The van der Waals surface area contributed by atoms with Gasteiger partial charge in [0.25, 0.3) is 0 Å². The molecular weight excluding hydrogens is 288 g/mol. The number of benzene rings is 1. The molecule has 0 atom stereocenters. The molecule has 0 aromatic heterocycles. The second kappa shape index (κ2) is 7.15. The second-order valence-electron chi connectivity index (χ2n) is 5.08. The van der Waals surface area contributed by atoms with Crippen molar-refractivity contribution in [1.82, 2.24) is 0 Å². The lowest BCUT2D eigenvalue weighted by atomic mass is 10.1. The summed E-state index contributed by atoms with van der Waals surface area (Å²) in [5.74, 6) is 0. The molecule has 0 bridgehead atoms.